The van der Waals surface area contributed by atoms with Crippen LogP contribution in [0.15, 0.2) is 10.3 Å². The molecule has 7 nitrogen and oxygen atoms in total. The van der Waals surface area contributed by atoms with E-state index in [-0.39, 0.29) is 12.5 Å². The molecular weight excluding hydrogens is 410 g/mol. The van der Waals surface area contributed by atoms with Crippen molar-refractivity contribution < 1.29 is 20.1 Å². The summed E-state index contributed by atoms with van der Waals surface area (Å²) in [5, 5.41) is 33.2. The average Bonchev–Trinajstić information content (AvgIpc) is 3.31. The van der Waals surface area contributed by atoms with Gasteiger partial charge in [0.25, 0.3) is 0 Å². The molecule has 1 aromatic heterocycles. The van der Waals surface area contributed by atoms with E-state index in [4.69, 9.17) is 21.1 Å². The van der Waals surface area contributed by atoms with Gasteiger partial charge in [-0.05, 0) is 78.8 Å². The second-order valence-corrected chi connectivity index (χ2v) is 9.49. The van der Waals surface area contributed by atoms with E-state index in [2.05, 4.69) is 11.1 Å². The molecule has 1 heterocycles. The molecule has 2 aliphatic carbocycles. The van der Waals surface area contributed by atoms with Crippen molar-refractivity contribution in [2.45, 2.75) is 61.9 Å². The predicted molar refractivity (Wildman–Crippen MR) is 114 cm³/mol. The van der Waals surface area contributed by atoms with Crippen LogP contribution >= 0.6 is 23.3 Å². The number of hydrogen-bond donors (Lipinski definition) is 5. The Balaban J connectivity index is 0.000000166. The van der Waals surface area contributed by atoms with E-state index in [1.54, 1.807) is 0 Å². The van der Waals surface area contributed by atoms with Crippen molar-refractivity contribution >= 4 is 29.2 Å². The van der Waals surface area contributed by atoms with E-state index in [9.17, 15) is 9.90 Å². The number of aromatic nitrogens is 1. The molecule has 2 aliphatic rings. The van der Waals surface area contributed by atoms with Gasteiger partial charge in [-0.2, -0.15) is 0 Å². The monoisotopic (exact) mass is 437 g/mol. The van der Waals surface area contributed by atoms with Gasteiger partial charge in [0.1, 0.15) is 14.8 Å². The van der Waals surface area contributed by atoms with Crippen LogP contribution in [0.4, 0.5) is 0 Å². The van der Waals surface area contributed by atoms with Gasteiger partial charge in [-0.1, -0.05) is 6.07 Å². The zero-order valence-electron chi connectivity index (χ0n) is 16.4. The molecule has 0 aliphatic heterocycles. The third-order valence-electron chi connectivity index (χ3n) is 5.41. The number of rotatable bonds is 6. The second kappa shape index (κ2) is 9.11. The Labute approximate surface area is 178 Å². The summed E-state index contributed by atoms with van der Waals surface area (Å²) >= 11 is 2.14. The molecule has 1 aromatic carbocycles. The second-order valence-electron chi connectivity index (χ2n) is 7.59. The standard InChI is InChI=1S/C13H15NO.C7H12N2O3S2/c14-13(15)7-12-10-3-1-2-8(10)6-9-4-5-11(9)12;1-7(12,3-11)6-9-4(2-10)5(13-6)14-8/h6H,1-5,7H2,(H2,14,15);10-12H,2-3,8H2,1H3. The number of fused-ring (bicyclic) bond motifs is 2. The molecule has 29 heavy (non-hydrogen) atoms. The van der Waals surface area contributed by atoms with Crippen molar-refractivity contribution in [3.8, 4) is 0 Å². The third kappa shape index (κ3) is 4.65. The molecule has 7 N–H and O–H groups in total. The molecule has 0 radical (unpaired) electrons. The summed E-state index contributed by atoms with van der Waals surface area (Å²) in [6, 6.07) is 2.35. The topological polar surface area (TPSA) is 143 Å². The number of aliphatic hydroxyl groups excluding tert-OH is 2. The molecule has 4 rings (SSSR count). The van der Waals surface area contributed by atoms with Crippen LogP contribution in [0.2, 0.25) is 0 Å². The largest absolute Gasteiger partial charge is 0.393 e. The lowest BCUT2D eigenvalue weighted by Crippen LogP contribution is -2.25. The van der Waals surface area contributed by atoms with Crippen LogP contribution in [0.25, 0.3) is 0 Å². The van der Waals surface area contributed by atoms with Crippen molar-refractivity contribution in [3.05, 3.63) is 44.6 Å². The normalized spacial score (nSPS) is 16.2. The number of benzene rings is 1. The lowest BCUT2D eigenvalue weighted by Gasteiger charge is -2.25. The van der Waals surface area contributed by atoms with Gasteiger partial charge in [0.15, 0.2) is 0 Å². The number of hydrogen-bond acceptors (Lipinski definition) is 8. The highest BCUT2D eigenvalue weighted by Crippen LogP contribution is 2.36. The number of thiazole rings is 1. The minimum Gasteiger partial charge on any atom is -0.393 e. The number of carbonyl (C=O) groups is 1. The van der Waals surface area contributed by atoms with Crippen molar-refractivity contribution in [1.29, 1.82) is 0 Å². The fourth-order valence-electron chi connectivity index (χ4n) is 3.78. The first kappa shape index (κ1) is 22.2. The summed E-state index contributed by atoms with van der Waals surface area (Å²) in [7, 11) is 0. The maximum atomic E-state index is 11.1. The Hall–Kier alpha value is -1.49. The Morgan fingerprint density at radius 2 is 1.93 bits per heavy atom. The molecule has 0 saturated carbocycles. The quantitative estimate of drug-likeness (QED) is 0.426. The molecular formula is C20H27N3O4S2. The van der Waals surface area contributed by atoms with Crippen LogP contribution in [0.1, 0.15) is 51.9 Å². The number of carbonyl (C=O) groups excluding carboxylic acids is 1. The zero-order valence-corrected chi connectivity index (χ0v) is 18.0. The van der Waals surface area contributed by atoms with E-state index in [0.29, 0.717) is 21.3 Å². The summed E-state index contributed by atoms with van der Waals surface area (Å²) in [4.78, 5) is 15.1. The first-order chi connectivity index (χ1) is 13.8. The highest BCUT2D eigenvalue weighted by atomic mass is 32.2. The fraction of sp³-hybridized carbons (Fsp3) is 0.500. The van der Waals surface area contributed by atoms with Crippen LogP contribution in [-0.4, -0.2) is 32.8 Å². The summed E-state index contributed by atoms with van der Waals surface area (Å²) in [6.45, 7) is 0.815. The van der Waals surface area contributed by atoms with E-state index >= 15 is 0 Å². The molecule has 0 spiro atoms. The lowest BCUT2D eigenvalue weighted by atomic mass is 9.80. The van der Waals surface area contributed by atoms with Gasteiger partial charge >= 0.3 is 0 Å². The van der Waals surface area contributed by atoms with E-state index in [0.717, 1.165) is 24.8 Å². The number of primary amides is 1. The Bertz CT molecular complexity index is 890. The highest BCUT2D eigenvalue weighted by Gasteiger charge is 2.28. The third-order valence-corrected chi connectivity index (χ3v) is 7.54. The zero-order chi connectivity index (χ0) is 21.2. The predicted octanol–water partition coefficient (Wildman–Crippen LogP) is 1.10. The van der Waals surface area contributed by atoms with Gasteiger partial charge in [-0.3, -0.25) is 9.93 Å². The first-order valence-corrected chi connectivity index (χ1v) is 11.2. The summed E-state index contributed by atoms with van der Waals surface area (Å²) < 4.78 is 0.649. The van der Waals surface area contributed by atoms with Crippen LogP contribution in [0.5, 0.6) is 0 Å². The first-order valence-electron chi connectivity index (χ1n) is 9.55. The van der Waals surface area contributed by atoms with Crippen LogP contribution < -0.4 is 10.9 Å². The number of amides is 1. The van der Waals surface area contributed by atoms with Gasteiger partial charge in [0.05, 0.1) is 25.3 Å². The minimum atomic E-state index is -1.37. The van der Waals surface area contributed by atoms with Gasteiger partial charge in [0.2, 0.25) is 5.91 Å². The van der Waals surface area contributed by atoms with E-state index in [1.807, 2.05) is 0 Å². The summed E-state index contributed by atoms with van der Waals surface area (Å²) in [5.74, 6) is -0.190. The number of nitrogens with zero attached hydrogens (tertiary/aromatic N) is 1. The van der Waals surface area contributed by atoms with Crippen molar-refractivity contribution in [3.63, 3.8) is 0 Å². The number of aryl methyl sites for hydroxylation is 2. The van der Waals surface area contributed by atoms with Gasteiger partial charge < -0.3 is 21.1 Å². The smallest absolute Gasteiger partial charge is 0.221 e. The highest BCUT2D eigenvalue weighted by molar-refractivity contribution is 7.99. The van der Waals surface area contributed by atoms with E-state index in [1.165, 1.54) is 65.3 Å². The van der Waals surface area contributed by atoms with Crippen molar-refractivity contribution in [1.82, 2.24) is 4.98 Å². The molecule has 0 saturated heterocycles. The molecule has 2 aromatic rings. The lowest BCUT2D eigenvalue weighted by molar-refractivity contribution is -0.117. The minimum absolute atomic E-state index is 0.190. The molecule has 1 atom stereocenters. The Morgan fingerprint density at radius 3 is 2.45 bits per heavy atom. The van der Waals surface area contributed by atoms with Gasteiger partial charge in [-0.25, -0.2) is 4.98 Å². The average molecular weight is 438 g/mol. The SMILES string of the molecule is CC(O)(CO)c1nc(CO)c(SN)s1.NC(=O)Cc1c2c(cc3c1CC3)CCC2. The molecule has 1 unspecified atom stereocenters. The van der Waals surface area contributed by atoms with Crippen molar-refractivity contribution in [2.75, 3.05) is 6.61 Å². The maximum Gasteiger partial charge on any atom is 0.221 e. The van der Waals surface area contributed by atoms with Crippen LogP contribution in [0.3, 0.4) is 0 Å². The molecule has 0 fully saturated rings. The number of nitrogens with two attached hydrogens (primary N) is 2. The molecule has 1 amide bonds. The summed E-state index contributed by atoms with van der Waals surface area (Å²) in [5.41, 5.74) is 11.5. The molecule has 9 heteroatoms. The maximum absolute atomic E-state index is 11.1. The molecule has 158 valence electrons. The molecule has 0 bridgehead atoms. The Kier molecular flexibility index (Phi) is 6.98. The summed E-state index contributed by atoms with van der Waals surface area (Å²) in [6.07, 6.45) is 6.36. The van der Waals surface area contributed by atoms with Crippen molar-refractivity contribution in [2.24, 2.45) is 10.9 Å². The van der Waals surface area contributed by atoms with Crippen LogP contribution in [-0.2, 0) is 49.1 Å². The number of aliphatic hydroxyl groups is 3. The van der Waals surface area contributed by atoms with Crippen LogP contribution in [0, 0.1) is 0 Å². The fourth-order valence-corrected chi connectivity index (χ4v) is 5.30. The van der Waals surface area contributed by atoms with E-state index < -0.39 is 12.2 Å². The Morgan fingerprint density at radius 1 is 1.24 bits per heavy atom. The van der Waals surface area contributed by atoms with Gasteiger partial charge in [0, 0.05) is 0 Å². The van der Waals surface area contributed by atoms with Gasteiger partial charge in [-0.15, -0.1) is 11.3 Å².